The Morgan fingerprint density at radius 3 is 2.13 bits per heavy atom. The van der Waals surface area contributed by atoms with Gasteiger partial charge in [0, 0.05) is 6.42 Å². The molecule has 0 radical (unpaired) electrons. The molecule has 0 saturated heterocycles. The quantitative estimate of drug-likeness (QED) is 0.829. The summed E-state index contributed by atoms with van der Waals surface area (Å²) in [5.41, 5.74) is 0.185. The van der Waals surface area contributed by atoms with Crippen molar-refractivity contribution in [2.24, 2.45) is 0 Å². The molecule has 0 saturated carbocycles. The molecule has 2 nitrogen and oxygen atoms in total. The topological polar surface area (TPSA) is 33.1 Å². The third kappa shape index (κ3) is 3.85. The number of hydrogen-bond acceptors (Lipinski definition) is 2. The van der Waals surface area contributed by atoms with Crippen LogP contribution in [0.4, 0.5) is 13.2 Å². The van der Waals surface area contributed by atoms with Crippen LogP contribution in [0.1, 0.15) is 5.56 Å². The number of alkyl halides is 3. The Bertz CT molecular complexity index is 336. The minimum Gasteiger partial charge on any atom is -0.383 e. The SMILES string of the molecule is OC(Cc1cc(Cl)nc(Cl)c1)C(F)(F)F. The van der Waals surface area contributed by atoms with E-state index in [9.17, 15) is 13.2 Å². The second-order valence-electron chi connectivity index (χ2n) is 2.88. The fourth-order valence-corrected chi connectivity index (χ4v) is 1.48. The zero-order valence-electron chi connectivity index (χ0n) is 7.22. The first-order chi connectivity index (χ1) is 6.79. The van der Waals surface area contributed by atoms with Crippen molar-refractivity contribution in [2.75, 3.05) is 0 Å². The Morgan fingerprint density at radius 1 is 1.27 bits per heavy atom. The smallest absolute Gasteiger partial charge is 0.383 e. The van der Waals surface area contributed by atoms with Crippen LogP contribution in [0.15, 0.2) is 12.1 Å². The second-order valence-corrected chi connectivity index (χ2v) is 3.66. The van der Waals surface area contributed by atoms with Gasteiger partial charge in [-0.3, -0.25) is 0 Å². The van der Waals surface area contributed by atoms with Gasteiger partial charge in [-0.15, -0.1) is 0 Å². The van der Waals surface area contributed by atoms with E-state index in [1.165, 1.54) is 12.1 Å². The van der Waals surface area contributed by atoms with Gasteiger partial charge in [0.1, 0.15) is 10.3 Å². The average Bonchev–Trinajstić information content (AvgIpc) is 1.99. The minimum atomic E-state index is -4.65. The standard InChI is InChI=1S/C8H6Cl2F3NO/c9-6-2-4(3-7(10)14-6)1-5(15)8(11,12)13/h2-3,5,15H,1H2. The lowest BCUT2D eigenvalue weighted by Gasteiger charge is -2.14. The van der Waals surface area contributed by atoms with Crippen molar-refractivity contribution < 1.29 is 18.3 Å². The predicted molar refractivity (Wildman–Crippen MR) is 50.0 cm³/mol. The molecule has 84 valence electrons. The number of aliphatic hydroxyl groups is 1. The Labute approximate surface area is 93.6 Å². The van der Waals surface area contributed by atoms with E-state index in [-0.39, 0.29) is 15.9 Å². The monoisotopic (exact) mass is 259 g/mol. The highest BCUT2D eigenvalue weighted by atomic mass is 35.5. The first kappa shape index (κ1) is 12.5. The minimum absolute atomic E-state index is 0.00752. The lowest BCUT2D eigenvalue weighted by molar-refractivity contribution is -0.203. The molecule has 1 aromatic heterocycles. The van der Waals surface area contributed by atoms with E-state index in [1.807, 2.05) is 0 Å². The van der Waals surface area contributed by atoms with Crippen LogP contribution in [0.25, 0.3) is 0 Å². The zero-order chi connectivity index (χ0) is 11.6. The number of rotatable bonds is 2. The summed E-state index contributed by atoms with van der Waals surface area (Å²) in [7, 11) is 0. The Morgan fingerprint density at radius 2 is 1.73 bits per heavy atom. The van der Waals surface area contributed by atoms with Crippen LogP contribution in [-0.4, -0.2) is 22.4 Å². The molecule has 0 amide bonds. The summed E-state index contributed by atoms with van der Waals surface area (Å²) in [5, 5.41) is 8.77. The van der Waals surface area contributed by atoms with Gasteiger partial charge < -0.3 is 5.11 Å². The van der Waals surface area contributed by atoms with Gasteiger partial charge >= 0.3 is 6.18 Å². The van der Waals surface area contributed by atoms with E-state index < -0.39 is 18.7 Å². The molecule has 1 atom stereocenters. The molecule has 0 spiro atoms. The van der Waals surface area contributed by atoms with E-state index >= 15 is 0 Å². The van der Waals surface area contributed by atoms with Gasteiger partial charge in [-0.1, -0.05) is 23.2 Å². The van der Waals surface area contributed by atoms with Crippen molar-refractivity contribution in [1.29, 1.82) is 0 Å². The first-order valence-corrected chi connectivity index (χ1v) is 4.61. The van der Waals surface area contributed by atoms with Crippen LogP contribution < -0.4 is 0 Å². The van der Waals surface area contributed by atoms with Crippen LogP contribution in [0.2, 0.25) is 10.3 Å². The lowest BCUT2D eigenvalue weighted by Crippen LogP contribution is -2.30. The molecule has 0 fully saturated rings. The van der Waals surface area contributed by atoms with Crippen LogP contribution in [-0.2, 0) is 6.42 Å². The normalized spacial score (nSPS) is 14.0. The van der Waals surface area contributed by atoms with Gasteiger partial charge in [0.25, 0.3) is 0 Å². The van der Waals surface area contributed by atoms with Crippen molar-refractivity contribution in [3.8, 4) is 0 Å². The number of halogens is 5. The van der Waals surface area contributed by atoms with Gasteiger partial charge in [0.15, 0.2) is 6.10 Å². The fourth-order valence-electron chi connectivity index (χ4n) is 0.971. The predicted octanol–water partition coefficient (Wildman–Crippen LogP) is 2.85. The third-order valence-corrected chi connectivity index (χ3v) is 2.02. The van der Waals surface area contributed by atoms with Gasteiger partial charge in [-0.2, -0.15) is 13.2 Å². The van der Waals surface area contributed by atoms with E-state index in [0.29, 0.717) is 0 Å². The highest BCUT2D eigenvalue weighted by molar-refractivity contribution is 6.32. The summed E-state index contributed by atoms with van der Waals surface area (Å²) in [6.07, 6.45) is -7.67. The highest BCUT2D eigenvalue weighted by Gasteiger charge is 2.38. The van der Waals surface area contributed by atoms with Crippen LogP contribution in [0.3, 0.4) is 0 Å². The number of pyridine rings is 1. The maximum Gasteiger partial charge on any atom is 0.414 e. The summed E-state index contributed by atoms with van der Waals surface area (Å²) in [6, 6.07) is 2.45. The lowest BCUT2D eigenvalue weighted by atomic mass is 10.1. The first-order valence-electron chi connectivity index (χ1n) is 3.86. The molecule has 1 heterocycles. The summed E-state index contributed by atoms with van der Waals surface area (Å²) in [4.78, 5) is 3.57. The van der Waals surface area contributed by atoms with Gasteiger partial charge in [-0.25, -0.2) is 4.98 Å². The average molecular weight is 260 g/mol. The fraction of sp³-hybridized carbons (Fsp3) is 0.375. The summed E-state index contributed by atoms with van der Waals surface area (Å²) in [6.45, 7) is 0. The van der Waals surface area contributed by atoms with Gasteiger partial charge in [0.2, 0.25) is 0 Å². The maximum absolute atomic E-state index is 12.0. The third-order valence-electron chi connectivity index (χ3n) is 1.63. The van der Waals surface area contributed by atoms with E-state index in [1.54, 1.807) is 0 Å². The van der Waals surface area contributed by atoms with Gasteiger partial charge in [0.05, 0.1) is 0 Å². The molecule has 1 N–H and O–H groups in total. The molecule has 7 heteroatoms. The Balaban J connectivity index is 2.81. The highest BCUT2D eigenvalue weighted by Crippen LogP contribution is 2.24. The molecular formula is C8H6Cl2F3NO. The number of aromatic nitrogens is 1. The van der Waals surface area contributed by atoms with Gasteiger partial charge in [-0.05, 0) is 17.7 Å². The Hall–Kier alpha value is -0.520. The number of nitrogens with zero attached hydrogens (tertiary/aromatic N) is 1. The summed E-state index contributed by atoms with van der Waals surface area (Å²) >= 11 is 11.0. The molecule has 0 aliphatic rings. The van der Waals surface area contributed by atoms with Crippen molar-refractivity contribution >= 4 is 23.2 Å². The largest absolute Gasteiger partial charge is 0.414 e. The second kappa shape index (κ2) is 4.55. The molecule has 0 bridgehead atoms. The molecule has 0 aliphatic heterocycles. The van der Waals surface area contributed by atoms with E-state index in [0.717, 1.165) is 0 Å². The summed E-state index contributed by atoms with van der Waals surface area (Å²) < 4.78 is 36.0. The molecule has 0 aromatic carbocycles. The van der Waals surface area contributed by atoms with Crippen molar-refractivity contribution in [2.45, 2.75) is 18.7 Å². The molecule has 15 heavy (non-hydrogen) atoms. The van der Waals surface area contributed by atoms with Crippen LogP contribution in [0, 0.1) is 0 Å². The van der Waals surface area contributed by atoms with Crippen molar-refractivity contribution in [1.82, 2.24) is 4.98 Å². The molecular weight excluding hydrogens is 254 g/mol. The van der Waals surface area contributed by atoms with Crippen molar-refractivity contribution in [3.63, 3.8) is 0 Å². The summed E-state index contributed by atoms with van der Waals surface area (Å²) in [5.74, 6) is 0. The molecule has 1 unspecified atom stereocenters. The molecule has 1 rings (SSSR count). The number of aliphatic hydroxyl groups excluding tert-OH is 1. The maximum atomic E-state index is 12.0. The number of hydrogen-bond donors (Lipinski definition) is 1. The zero-order valence-corrected chi connectivity index (χ0v) is 8.74. The van der Waals surface area contributed by atoms with Crippen LogP contribution in [0.5, 0.6) is 0 Å². The van der Waals surface area contributed by atoms with Crippen LogP contribution >= 0.6 is 23.2 Å². The Kier molecular flexibility index (Phi) is 3.81. The molecule has 1 aromatic rings. The van der Waals surface area contributed by atoms with Crippen molar-refractivity contribution in [3.05, 3.63) is 28.0 Å². The van der Waals surface area contributed by atoms with E-state index in [2.05, 4.69) is 4.98 Å². The van der Waals surface area contributed by atoms with E-state index in [4.69, 9.17) is 28.3 Å². The molecule has 0 aliphatic carbocycles.